The van der Waals surface area contributed by atoms with Crippen molar-refractivity contribution in [3.8, 4) is 0 Å². The molecule has 3 aromatic heterocycles. The van der Waals surface area contributed by atoms with Gasteiger partial charge in [0.25, 0.3) is 0 Å². The van der Waals surface area contributed by atoms with Crippen molar-refractivity contribution < 1.29 is 14.3 Å². The number of rotatable bonds is 7. The fourth-order valence-corrected chi connectivity index (χ4v) is 4.52. The molecule has 0 aliphatic heterocycles. The maximum atomic E-state index is 13.2. The second kappa shape index (κ2) is 9.95. The van der Waals surface area contributed by atoms with Crippen molar-refractivity contribution in [2.75, 3.05) is 0 Å². The molecule has 0 bridgehead atoms. The standard InChI is InChI=1S/C30H28N4O3/c1-19-9-11-23(20(2)15-19)29(21-7-5-4-6-8-21)34-28(35)16-22-10-12-25-24(33-22)17-27(37-25)30(3,36)26-13-14-31-18-32-26/h4-15,17-18,29,36H,16H2,1-3H3,(H,34,35)/t29-,30?/m0/s1. The van der Waals surface area contributed by atoms with E-state index in [0.29, 0.717) is 28.2 Å². The molecular formula is C30H28N4O3. The highest BCUT2D eigenvalue weighted by atomic mass is 16.4. The van der Waals surface area contributed by atoms with Crippen LogP contribution in [0.25, 0.3) is 11.1 Å². The number of benzene rings is 2. The van der Waals surface area contributed by atoms with Crippen molar-refractivity contribution in [3.63, 3.8) is 0 Å². The molecule has 1 unspecified atom stereocenters. The minimum absolute atomic E-state index is 0.104. The fourth-order valence-electron chi connectivity index (χ4n) is 4.52. The van der Waals surface area contributed by atoms with Gasteiger partial charge in [0.15, 0.2) is 11.2 Å². The minimum atomic E-state index is -1.45. The zero-order chi connectivity index (χ0) is 26.0. The summed E-state index contributed by atoms with van der Waals surface area (Å²) in [7, 11) is 0. The molecule has 2 N–H and O–H groups in total. The van der Waals surface area contributed by atoms with Crippen LogP contribution in [0.2, 0.25) is 0 Å². The first-order valence-corrected chi connectivity index (χ1v) is 12.1. The highest BCUT2D eigenvalue weighted by Gasteiger charge is 2.31. The number of carbonyl (C=O) groups is 1. The van der Waals surface area contributed by atoms with E-state index in [-0.39, 0.29) is 18.4 Å². The number of aliphatic hydroxyl groups is 1. The molecule has 0 saturated carbocycles. The number of fused-ring (bicyclic) bond motifs is 1. The lowest BCUT2D eigenvalue weighted by Gasteiger charge is -2.22. The van der Waals surface area contributed by atoms with Crippen LogP contribution in [0.5, 0.6) is 0 Å². The highest BCUT2D eigenvalue weighted by Crippen LogP contribution is 2.32. The van der Waals surface area contributed by atoms with Gasteiger partial charge in [-0.3, -0.25) is 4.79 Å². The van der Waals surface area contributed by atoms with E-state index in [0.717, 1.165) is 16.7 Å². The summed E-state index contributed by atoms with van der Waals surface area (Å²) in [5.41, 5.74) is 5.01. The van der Waals surface area contributed by atoms with Gasteiger partial charge in [-0.1, -0.05) is 54.1 Å². The summed E-state index contributed by atoms with van der Waals surface area (Å²) >= 11 is 0. The highest BCUT2D eigenvalue weighted by molar-refractivity contribution is 5.81. The first kappa shape index (κ1) is 24.3. The Bertz CT molecular complexity index is 1550. The average molecular weight is 493 g/mol. The van der Waals surface area contributed by atoms with Gasteiger partial charge in [-0.25, -0.2) is 15.0 Å². The number of hydrogen-bond acceptors (Lipinski definition) is 6. The zero-order valence-corrected chi connectivity index (χ0v) is 21.0. The Morgan fingerprint density at radius 1 is 1.05 bits per heavy atom. The molecule has 186 valence electrons. The number of aryl methyl sites for hydroxylation is 2. The Morgan fingerprint density at radius 2 is 1.86 bits per heavy atom. The largest absolute Gasteiger partial charge is 0.456 e. The molecule has 3 heterocycles. The molecule has 37 heavy (non-hydrogen) atoms. The minimum Gasteiger partial charge on any atom is -0.456 e. The van der Waals surface area contributed by atoms with Gasteiger partial charge in [0.2, 0.25) is 5.91 Å². The van der Waals surface area contributed by atoms with Crippen molar-refractivity contribution in [1.82, 2.24) is 20.3 Å². The quantitative estimate of drug-likeness (QED) is 0.334. The van der Waals surface area contributed by atoms with E-state index in [4.69, 9.17) is 4.42 Å². The molecule has 1 amide bonds. The molecule has 5 aromatic rings. The molecule has 2 atom stereocenters. The van der Waals surface area contributed by atoms with Crippen LogP contribution < -0.4 is 5.32 Å². The number of pyridine rings is 1. The zero-order valence-electron chi connectivity index (χ0n) is 21.0. The third-order valence-electron chi connectivity index (χ3n) is 6.51. The van der Waals surface area contributed by atoms with Crippen LogP contribution in [0.3, 0.4) is 0 Å². The van der Waals surface area contributed by atoms with Gasteiger partial charge in [0.05, 0.1) is 23.9 Å². The first-order valence-electron chi connectivity index (χ1n) is 12.1. The number of amides is 1. The Hall–Kier alpha value is -4.36. The van der Waals surface area contributed by atoms with E-state index in [1.165, 1.54) is 11.9 Å². The second-order valence-corrected chi connectivity index (χ2v) is 9.41. The predicted octanol–water partition coefficient (Wildman–Crippen LogP) is 4.94. The first-order chi connectivity index (χ1) is 17.8. The summed E-state index contributed by atoms with van der Waals surface area (Å²) in [6.07, 6.45) is 3.05. The monoisotopic (exact) mass is 492 g/mol. The summed E-state index contributed by atoms with van der Waals surface area (Å²) in [5, 5.41) is 14.3. The molecule has 5 rings (SSSR count). The van der Waals surface area contributed by atoms with Crippen LogP contribution >= 0.6 is 0 Å². The number of carbonyl (C=O) groups excluding carboxylic acids is 1. The molecule has 7 heteroatoms. The number of nitrogens with one attached hydrogen (secondary N) is 1. The molecular weight excluding hydrogens is 464 g/mol. The molecule has 7 nitrogen and oxygen atoms in total. The lowest BCUT2D eigenvalue weighted by molar-refractivity contribution is -0.121. The van der Waals surface area contributed by atoms with Crippen molar-refractivity contribution in [2.45, 2.75) is 38.8 Å². The van der Waals surface area contributed by atoms with E-state index < -0.39 is 5.60 Å². The number of furan rings is 1. The van der Waals surface area contributed by atoms with Gasteiger partial charge in [-0.2, -0.15) is 0 Å². The lowest BCUT2D eigenvalue weighted by atomic mass is 9.93. The summed E-state index contributed by atoms with van der Waals surface area (Å²) < 4.78 is 5.88. The SMILES string of the molecule is Cc1ccc([C@@H](NC(=O)Cc2ccc3oc(C(C)(O)c4ccncn4)cc3n2)c2ccccc2)c(C)c1. The van der Waals surface area contributed by atoms with Gasteiger partial charge >= 0.3 is 0 Å². The van der Waals surface area contributed by atoms with Gasteiger partial charge < -0.3 is 14.8 Å². The molecule has 0 fully saturated rings. The summed E-state index contributed by atoms with van der Waals surface area (Å²) in [6, 6.07) is 22.8. The Kier molecular flexibility index (Phi) is 6.54. The summed E-state index contributed by atoms with van der Waals surface area (Å²) in [4.78, 5) is 25.9. The maximum Gasteiger partial charge on any atom is 0.226 e. The molecule has 0 aliphatic carbocycles. The Labute approximate surface area is 215 Å². The van der Waals surface area contributed by atoms with Crippen molar-refractivity contribution >= 4 is 17.0 Å². The number of aromatic nitrogens is 3. The van der Waals surface area contributed by atoms with E-state index in [1.807, 2.05) is 30.3 Å². The molecule has 0 spiro atoms. The Balaban J connectivity index is 1.38. The fraction of sp³-hybridized carbons (Fsp3) is 0.200. The molecule has 2 aromatic carbocycles. The molecule has 0 saturated heterocycles. The molecule has 0 radical (unpaired) electrons. The van der Waals surface area contributed by atoms with Crippen LogP contribution in [0.1, 0.15) is 52.4 Å². The normalized spacial score (nSPS) is 13.7. The van der Waals surface area contributed by atoms with Gasteiger partial charge in [-0.05, 0) is 55.7 Å². The summed E-state index contributed by atoms with van der Waals surface area (Å²) in [6.45, 7) is 5.73. The predicted molar refractivity (Wildman–Crippen MR) is 141 cm³/mol. The third-order valence-corrected chi connectivity index (χ3v) is 6.51. The van der Waals surface area contributed by atoms with Crippen LogP contribution in [-0.4, -0.2) is 26.0 Å². The van der Waals surface area contributed by atoms with Gasteiger partial charge in [-0.15, -0.1) is 0 Å². The second-order valence-electron chi connectivity index (χ2n) is 9.41. The number of nitrogens with zero attached hydrogens (tertiary/aromatic N) is 3. The smallest absolute Gasteiger partial charge is 0.226 e. The van der Waals surface area contributed by atoms with Crippen LogP contribution in [0.15, 0.2) is 89.7 Å². The van der Waals surface area contributed by atoms with E-state index in [9.17, 15) is 9.90 Å². The Morgan fingerprint density at radius 3 is 2.59 bits per heavy atom. The summed E-state index contributed by atoms with van der Waals surface area (Å²) in [5.74, 6) is 0.173. The van der Waals surface area contributed by atoms with E-state index >= 15 is 0 Å². The van der Waals surface area contributed by atoms with E-state index in [2.05, 4.69) is 52.3 Å². The maximum absolute atomic E-state index is 13.2. The van der Waals surface area contributed by atoms with E-state index in [1.54, 1.807) is 37.4 Å². The number of hydrogen-bond donors (Lipinski definition) is 2. The average Bonchev–Trinajstić information content (AvgIpc) is 3.33. The topological polar surface area (TPSA) is 101 Å². The van der Waals surface area contributed by atoms with Crippen molar-refractivity contribution in [2.24, 2.45) is 0 Å². The lowest BCUT2D eigenvalue weighted by Crippen LogP contribution is -2.31. The van der Waals surface area contributed by atoms with Crippen molar-refractivity contribution in [3.05, 3.63) is 125 Å². The van der Waals surface area contributed by atoms with Crippen molar-refractivity contribution in [1.29, 1.82) is 0 Å². The third kappa shape index (κ3) is 5.13. The molecule has 0 aliphatic rings. The van der Waals surface area contributed by atoms with Crippen LogP contribution in [-0.2, 0) is 16.8 Å². The van der Waals surface area contributed by atoms with Gasteiger partial charge in [0, 0.05) is 12.3 Å². The van der Waals surface area contributed by atoms with Crippen LogP contribution in [0, 0.1) is 13.8 Å². The van der Waals surface area contributed by atoms with Gasteiger partial charge in [0.1, 0.15) is 17.6 Å². The van der Waals surface area contributed by atoms with Crippen LogP contribution in [0.4, 0.5) is 0 Å².